The molecular formula is C10H20O3P+. The van der Waals surface area contributed by atoms with E-state index in [4.69, 9.17) is 0 Å². The number of hydrogen-bond donors (Lipinski definition) is 0. The minimum Gasteiger partial charge on any atom is -0.119 e. The predicted molar refractivity (Wildman–Crippen MR) is 58.5 cm³/mol. The van der Waals surface area contributed by atoms with Crippen LogP contribution in [0.1, 0.15) is 39.5 Å². The first-order valence-corrected chi connectivity index (χ1v) is 6.28. The molecule has 4 heteroatoms. The number of allylic oxidation sites excluding steroid dienone is 2. The highest BCUT2D eigenvalue weighted by Crippen LogP contribution is 2.21. The van der Waals surface area contributed by atoms with Gasteiger partial charge in [-0.2, -0.15) is 0 Å². The van der Waals surface area contributed by atoms with Gasteiger partial charge >= 0.3 is 8.25 Å². The van der Waals surface area contributed by atoms with Gasteiger partial charge < -0.3 is 0 Å². The molecular weight excluding hydrogens is 199 g/mol. The lowest BCUT2D eigenvalue weighted by Gasteiger charge is -1.97. The van der Waals surface area contributed by atoms with Crippen molar-refractivity contribution in [2.75, 3.05) is 13.2 Å². The van der Waals surface area contributed by atoms with Crippen molar-refractivity contribution >= 4 is 8.25 Å². The zero-order chi connectivity index (χ0) is 10.6. The van der Waals surface area contributed by atoms with Crippen molar-refractivity contribution in [3.05, 3.63) is 12.2 Å². The van der Waals surface area contributed by atoms with Gasteiger partial charge in [0.15, 0.2) is 0 Å². The predicted octanol–water partition coefficient (Wildman–Crippen LogP) is 3.83. The Morgan fingerprint density at radius 2 is 1.50 bits per heavy atom. The van der Waals surface area contributed by atoms with Crippen LogP contribution in [0.3, 0.4) is 0 Å². The second-order valence-corrected chi connectivity index (χ2v) is 3.78. The summed E-state index contributed by atoms with van der Waals surface area (Å²) in [5.41, 5.74) is 0. The Bertz CT molecular complexity index is 153. The summed E-state index contributed by atoms with van der Waals surface area (Å²) in [5.74, 6) is 0. The van der Waals surface area contributed by atoms with Gasteiger partial charge in [-0.25, -0.2) is 0 Å². The maximum Gasteiger partial charge on any atom is 0.697 e. The van der Waals surface area contributed by atoms with E-state index in [1.807, 2.05) is 0 Å². The summed E-state index contributed by atoms with van der Waals surface area (Å²) in [6, 6.07) is 0. The van der Waals surface area contributed by atoms with Crippen molar-refractivity contribution in [1.82, 2.24) is 0 Å². The largest absolute Gasteiger partial charge is 0.697 e. The fraction of sp³-hybridized carbons (Fsp3) is 0.800. The molecule has 1 aliphatic rings. The highest BCUT2D eigenvalue weighted by molar-refractivity contribution is 7.33. The minimum absolute atomic E-state index is 0.440. The van der Waals surface area contributed by atoms with Gasteiger partial charge in [-0.3, -0.25) is 0 Å². The third-order valence-corrected chi connectivity index (χ3v) is 2.57. The first kappa shape index (κ1) is 13.8. The Hall–Kier alpha value is -0.240. The molecule has 0 radical (unpaired) electrons. The van der Waals surface area contributed by atoms with Gasteiger partial charge in [-0.1, -0.05) is 12.2 Å². The molecule has 0 aliphatic heterocycles. The first-order chi connectivity index (χ1) is 6.81. The molecule has 0 aromatic heterocycles. The van der Waals surface area contributed by atoms with Gasteiger partial charge in [0.2, 0.25) is 0 Å². The van der Waals surface area contributed by atoms with Crippen LogP contribution in [0.2, 0.25) is 0 Å². The van der Waals surface area contributed by atoms with E-state index in [1.54, 1.807) is 13.8 Å². The molecule has 0 N–H and O–H groups in total. The molecule has 0 aromatic carbocycles. The monoisotopic (exact) mass is 219 g/mol. The van der Waals surface area contributed by atoms with Crippen LogP contribution in [-0.4, -0.2) is 13.2 Å². The number of hydrogen-bond acceptors (Lipinski definition) is 3. The standard InChI is InChI=1S/C6H10.C4H10O3P/c1-2-4-6-5-3-1;1-3-6-8(5)7-4-2/h1-2H,3-6H2;3-4H2,1-2H3/q;+1. The summed E-state index contributed by atoms with van der Waals surface area (Å²) >= 11 is 0. The third-order valence-electron chi connectivity index (χ3n) is 1.63. The van der Waals surface area contributed by atoms with Crippen molar-refractivity contribution in [3.8, 4) is 0 Å². The van der Waals surface area contributed by atoms with Crippen LogP contribution < -0.4 is 0 Å². The average Bonchev–Trinajstić information content (AvgIpc) is 2.22. The molecule has 0 unspecified atom stereocenters. The molecule has 0 saturated heterocycles. The van der Waals surface area contributed by atoms with Crippen LogP contribution in [-0.2, 0) is 13.6 Å². The van der Waals surface area contributed by atoms with Crippen LogP contribution >= 0.6 is 8.25 Å². The van der Waals surface area contributed by atoms with Crippen molar-refractivity contribution in [2.24, 2.45) is 0 Å². The van der Waals surface area contributed by atoms with E-state index in [0.29, 0.717) is 13.2 Å². The molecule has 3 nitrogen and oxygen atoms in total. The topological polar surface area (TPSA) is 35.5 Å². The van der Waals surface area contributed by atoms with Crippen LogP contribution in [0.5, 0.6) is 0 Å². The molecule has 0 fully saturated rings. The molecule has 1 rings (SSSR count). The SMILES string of the molecule is C1=CCCCC1.CCO[P+](=O)OCC. The van der Waals surface area contributed by atoms with Crippen LogP contribution in [0, 0.1) is 0 Å². The quantitative estimate of drug-likeness (QED) is 0.532. The lowest BCUT2D eigenvalue weighted by atomic mass is 10.1. The van der Waals surface area contributed by atoms with Crippen LogP contribution in [0.4, 0.5) is 0 Å². The molecule has 0 saturated carbocycles. The smallest absolute Gasteiger partial charge is 0.119 e. The Balaban J connectivity index is 0.000000249. The van der Waals surface area contributed by atoms with Gasteiger partial charge in [-0.05, 0) is 39.5 Å². The first-order valence-electron chi connectivity index (χ1n) is 5.19. The molecule has 14 heavy (non-hydrogen) atoms. The molecule has 0 spiro atoms. The molecule has 0 heterocycles. The summed E-state index contributed by atoms with van der Waals surface area (Å²) in [7, 11) is -1.83. The van der Waals surface area contributed by atoms with E-state index in [2.05, 4.69) is 21.2 Å². The van der Waals surface area contributed by atoms with E-state index in [1.165, 1.54) is 25.7 Å². The summed E-state index contributed by atoms with van der Waals surface area (Å²) in [6.07, 6.45) is 10.0. The Kier molecular flexibility index (Phi) is 10.7. The maximum atomic E-state index is 10.3. The van der Waals surface area contributed by atoms with Gasteiger partial charge in [0.05, 0.1) is 0 Å². The van der Waals surface area contributed by atoms with Crippen molar-refractivity contribution < 1.29 is 13.6 Å². The third kappa shape index (κ3) is 9.85. The van der Waals surface area contributed by atoms with Crippen molar-refractivity contribution in [3.63, 3.8) is 0 Å². The lowest BCUT2D eigenvalue weighted by molar-refractivity contribution is 0.243. The van der Waals surface area contributed by atoms with Crippen molar-refractivity contribution in [2.45, 2.75) is 39.5 Å². The fourth-order valence-corrected chi connectivity index (χ4v) is 1.50. The fourth-order valence-electron chi connectivity index (χ4n) is 1.01. The van der Waals surface area contributed by atoms with Crippen LogP contribution in [0.25, 0.3) is 0 Å². The summed E-state index contributed by atoms with van der Waals surface area (Å²) < 4.78 is 19.5. The summed E-state index contributed by atoms with van der Waals surface area (Å²) in [4.78, 5) is 0. The Morgan fingerprint density at radius 1 is 1.07 bits per heavy atom. The van der Waals surface area contributed by atoms with Gasteiger partial charge in [0, 0.05) is 4.57 Å². The van der Waals surface area contributed by atoms with Gasteiger partial charge in [-0.15, -0.1) is 9.05 Å². The van der Waals surface area contributed by atoms with Gasteiger partial charge in [0.1, 0.15) is 13.2 Å². The number of rotatable bonds is 4. The van der Waals surface area contributed by atoms with E-state index >= 15 is 0 Å². The second-order valence-electron chi connectivity index (χ2n) is 2.82. The highest BCUT2D eigenvalue weighted by atomic mass is 31.1. The zero-order valence-electron chi connectivity index (χ0n) is 9.07. The maximum absolute atomic E-state index is 10.3. The Labute approximate surface area is 87.4 Å². The van der Waals surface area contributed by atoms with E-state index in [-0.39, 0.29) is 0 Å². The van der Waals surface area contributed by atoms with Gasteiger partial charge in [0.25, 0.3) is 0 Å². The lowest BCUT2D eigenvalue weighted by Crippen LogP contribution is -1.81. The molecule has 82 valence electrons. The summed E-state index contributed by atoms with van der Waals surface area (Å²) in [5, 5.41) is 0. The second kappa shape index (κ2) is 10.8. The highest BCUT2D eigenvalue weighted by Gasteiger charge is 2.15. The molecule has 0 amide bonds. The molecule has 0 atom stereocenters. The normalized spacial score (nSPS) is 14.4. The molecule has 1 aliphatic carbocycles. The molecule has 0 bridgehead atoms. The summed E-state index contributed by atoms with van der Waals surface area (Å²) in [6.45, 7) is 4.42. The molecule has 0 aromatic rings. The van der Waals surface area contributed by atoms with E-state index in [9.17, 15) is 4.57 Å². The Morgan fingerprint density at radius 3 is 1.71 bits per heavy atom. The van der Waals surface area contributed by atoms with E-state index < -0.39 is 8.25 Å². The van der Waals surface area contributed by atoms with Crippen molar-refractivity contribution in [1.29, 1.82) is 0 Å². The van der Waals surface area contributed by atoms with E-state index in [0.717, 1.165) is 0 Å². The minimum atomic E-state index is -1.83. The van der Waals surface area contributed by atoms with Crippen LogP contribution in [0.15, 0.2) is 12.2 Å². The zero-order valence-corrected chi connectivity index (χ0v) is 9.96. The average molecular weight is 219 g/mol.